The summed E-state index contributed by atoms with van der Waals surface area (Å²) in [6.07, 6.45) is 3.11. The SMILES string of the molecule is Cc1c(-c2cnn(CCNC[C@H](O)c3ccc4c(c3C)COC4=O)c2)ccc2c1COC2=O. The zero-order valence-electron chi connectivity index (χ0n) is 18.6. The van der Waals surface area contributed by atoms with Crippen molar-refractivity contribution in [1.29, 1.82) is 0 Å². The summed E-state index contributed by atoms with van der Waals surface area (Å²) in [4.78, 5) is 23.4. The minimum absolute atomic E-state index is 0.263. The number of rotatable bonds is 7. The first-order valence-corrected chi connectivity index (χ1v) is 10.9. The van der Waals surface area contributed by atoms with Crippen molar-refractivity contribution in [2.75, 3.05) is 13.1 Å². The van der Waals surface area contributed by atoms with Crippen LogP contribution >= 0.6 is 0 Å². The highest BCUT2D eigenvalue weighted by atomic mass is 16.5. The maximum atomic E-state index is 11.8. The lowest BCUT2D eigenvalue weighted by atomic mass is 9.95. The molecule has 0 saturated heterocycles. The number of carbonyl (C=O) groups excluding carboxylic acids is 2. The molecular formula is C25H25N3O5. The Bertz CT molecular complexity index is 1260. The number of aliphatic hydroxyl groups is 1. The van der Waals surface area contributed by atoms with Gasteiger partial charge in [0, 0.05) is 36.0 Å². The summed E-state index contributed by atoms with van der Waals surface area (Å²) in [7, 11) is 0. The molecule has 170 valence electrons. The zero-order valence-corrected chi connectivity index (χ0v) is 18.6. The summed E-state index contributed by atoms with van der Waals surface area (Å²) in [5, 5.41) is 18.3. The Morgan fingerprint density at radius 2 is 1.64 bits per heavy atom. The summed E-state index contributed by atoms with van der Waals surface area (Å²) in [5.41, 5.74) is 7.80. The first kappa shape index (κ1) is 21.4. The van der Waals surface area contributed by atoms with Crippen LogP contribution in [0.25, 0.3) is 11.1 Å². The molecule has 0 unspecified atom stereocenters. The molecule has 0 aliphatic carbocycles. The number of ether oxygens (including phenoxy) is 2. The minimum Gasteiger partial charge on any atom is -0.457 e. The second-order valence-corrected chi connectivity index (χ2v) is 8.43. The Hall–Kier alpha value is -3.49. The highest BCUT2D eigenvalue weighted by Crippen LogP contribution is 2.32. The Morgan fingerprint density at radius 3 is 2.36 bits per heavy atom. The Labute approximate surface area is 191 Å². The molecule has 3 heterocycles. The van der Waals surface area contributed by atoms with E-state index in [2.05, 4.69) is 10.4 Å². The molecule has 2 aliphatic rings. The summed E-state index contributed by atoms with van der Waals surface area (Å²) in [5.74, 6) is -0.566. The number of nitrogens with zero attached hydrogens (tertiary/aromatic N) is 2. The summed E-state index contributed by atoms with van der Waals surface area (Å²) in [6, 6.07) is 7.28. The number of aromatic nitrogens is 2. The first-order chi connectivity index (χ1) is 15.9. The third-order valence-electron chi connectivity index (χ3n) is 6.53. The van der Waals surface area contributed by atoms with Crippen LogP contribution in [0.2, 0.25) is 0 Å². The molecule has 0 bridgehead atoms. The fraction of sp³-hybridized carbons (Fsp3) is 0.320. The van der Waals surface area contributed by atoms with Gasteiger partial charge in [0.1, 0.15) is 13.2 Å². The molecule has 1 aromatic heterocycles. The average molecular weight is 447 g/mol. The number of aliphatic hydroxyl groups excluding tert-OH is 1. The van der Waals surface area contributed by atoms with E-state index in [1.807, 2.05) is 43.1 Å². The maximum absolute atomic E-state index is 11.8. The highest BCUT2D eigenvalue weighted by Gasteiger charge is 2.26. The van der Waals surface area contributed by atoms with Gasteiger partial charge in [0.05, 0.1) is 30.0 Å². The van der Waals surface area contributed by atoms with Crippen LogP contribution in [-0.4, -0.2) is 39.9 Å². The topological polar surface area (TPSA) is 103 Å². The van der Waals surface area contributed by atoms with Gasteiger partial charge >= 0.3 is 11.9 Å². The summed E-state index contributed by atoms with van der Waals surface area (Å²) in [6.45, 7) is 6.16. The van der Waals surface area contributed by atoms with Gasteiger partial charge in [-0.2, -0.15) is 5.10 Å². The normalized spacial score (nSPS) is 15.2. The van der Waals surface area contributed by atoms with Crippen LogP contribution in [0.5, 0.6) is 0 Å². The molecule has 2 aliphatic heterocycles. The number of fused-ring (bicyclic) bond motifs is 2. The largest absolute Gasteiger partial charge is 0.457 e. The number of hydrogen-bond acceptors (Lipinski definition) is 7. The van der Waals surface area contributed by atoms with Gasteiger partial charge in [-0.3, -0.25) is 4.68 Å². The number of cyclic esters (lactones) is 2. The van der Waals surface area contributed by atoms with Crippen LogP contribution in [-0.2, 0) is 29.2 Å². The number of esters is 2. The van der Waals surface area contributed by atoms with Crippen molar-refractivity contribution in [2.45, 2.75) is 39.7 Å². The van der Waals surface area contributed by atoms with Gasteiger partial charge in [-0.25, -0.2) is 9.59 Å². The van der Waals surface area contributed by atoms with E-state index in [9.17, 15) is 14.7 Å². The molecule has 0 spiro atoms. The average Bonchev–Trinajstić information content (AvgIpc) is 3.52. The van der Waals surface area contributed by atoms with Crippen LogP contribution in [0.3, 0.4) is 0 Å². The fourth-order valence-electron chi connectivity index (χ4n) is 4.56. The van der Waals surface area contributed by atoms with Crippen molar-refractivity contribution in [3.63, 3.8) is 0 Å². The first-order valence-electron chi connectivity index (χ1n) is 10.9. The van der Waals surface area contributed by atoms with Crippen LogP contribution in [0, 0.1) is 13.8 Å². The molecule has 33 heavy (non-hydrogen) atoms. The smallest absolute Gasteiger partial charge is 0.338 e. The molecule has 2 aromatic carbocycles. The zero-order chi connectivity index (χ0) is 23.1. The second-order valence-electron chi connectivity index (χ2n) is 8.43. The van der Waals surface area contributed by atoms with Gasteiger partial charge in [-0.1, -0.05) is 12.1 Å². The predicted molar refractivity (Wildman–Crippen MR) is 120 cm³/mol. The van der Waals surface area contributed by atoms with Crippen molar-refractivity contribution in [1.82, 2.24) is 15.1 Å². The van der Waals surface area contributed by atoms with Gasteiger partial charge in [-0.05, 0) is 48.2 Å². The van der Waals surface area contributed by atoms with Crippen LogP contribution < -0.4 is 5.32 Å². The van der Waals surface area contributed by atoms with Gasteiger partial charge < -0.3 is 19.9 Å². The minimum atomic E-state index is -0.682. The van der Waals surface area contributed by atoms with E-state index in [4.69, 9.17) is 9.47 Å². The van der Waals surface area contributed by atoms with E-state index in [0.29, 0.717) is 37.4 Å². The van der Waals surface area contributed by atoms with Crippen LogP contribution in [0.4, 0.5) is 0 Å². The lowest BCUT2D eigenvalue weighted by Crippen LogP contribution is -2.26. The number of hydrogen-bond donors (Lipinski definition) is 2. The second kappa shape index (κ2) is 8.46. The number of benzene rings is 2. The maximum Gasteiger partial charge on any atom is 0.338 e. The third kappa shape index (κ3) is 3.81. The van der Waals surface area contributed by atoms with Crippen molar-refractivity contribution in [3.8, 4) is 11.1 Å². The summed E-state index contributed by atoms with van der Waals surface area (Å²) < 4.78 is 12.1. The standard InChI is InChI=1S/C25H25N3O5/c1-14-17(3-5-19-21(14)12-32-24(19)30)16-9-27-28(11-16)8-7-26-10-23(29)18-4-6-20-22(15(18)2)13-33-25(20)31/h3-6,9,11,23,26,29H,7-8,10,12-13H2,1-2H3/t23-/m0/s1. The Balaban J connectivity index is 1.18. The van der Waals surface area contributed by atoms with Gasteiger partial charge in [0.25, 0.3) is 0 Å². The number of carbonyl (C=O) groups is 2. The predicted octanol–water partition coefficient (Wildman–Crippen LogP) is 2.83. The third-order valence-corrected chi connectivity index (χ3v) is 6.53. The van der Waals surface area contributed by atoms with Crippen molar-refractivity contribution in [3.05, 3.63) is 75.6 Å². The fourth-order valence-corrected chi connectivity index (χ4v) is 4.56. The van der Waals surface area contributed by atoms with Gasteiger partial charge in [-0.15, -0.1) is 0 Å². The molecule has 0 amide bonds. The molecule has 0 fully saturated rings. The van der Waals surface area contributed by atoms with E-state index in [1.54, 1.807) is 12.1 Å². The molecule has 0 radical (unpaired) electrons. The van der Waals surface area contributed by atoms with E-state index >= 15 is 0 Å². The van der Waals surface area contributed by atoms with Crippen molar-refractivity contribution in [2.24, 2.45) is 0 Å². The molecular weight excluding hydrogens is 422 g/mol. The Morgan fingerprint density at radius 1 is 1.00 bits per heavy atom. The molecule has 3 aromatic rings. The van der Waals surface area contributed by atoms with Crippen LogP contribution in [0.15, 0.2) is 36.7 Å². The molecule has 1 atom stereocenters. The molecule has 2 N–H and O–H groups in total. The lowest BCUT2D eigenvalue weighted by molar-refractivity contribution is 0.0526. The van der Waals surface area contributed by atoms with E-state index < -0.39 is 6.10 Å². The monoisotopic (exact) mass is 447 g/mol. The van der Waals surface area contributed by atoms with Gasteiger partial charge in [0.15, 0.2) is 0 Å². The summed E-state index contributed by atoms with van der Waals surface area (Å²) >= 11 is 0. The Kier molecular flexibility index (Phi) is 5.47. The van der Waals surface area contributed by atoms with Crippen molar-refractivity contribution < 1.29 is 24.2 Å². The molecule has 5 rings (SSSR count). The number of nitrogens with one attached hydrogen (secondary N) is 1. The lowest BCUT2D eigenvalue weighted by Gasteiger charge is -2.16. The van der Waals surface area contributed by atoms with E-state index in [-0.39, 0.29) is 18.5 Å². The van der Waals surface area contributed by atoms with E-state index in [0.717, 1.165) is 38.9 Å². The van der Waals surface area contributed by atoms with E-state index in [1.165, 1.54) is 0 Å². The quantitative estimate of drug-likeness (QED) is 0.424. The van der Waals surface area contributed by atoms with Gasteiger partial charge in [0.2, 0.25) is 0 Å². The molecule has 0 saturated carbocycles. The van der Waals surface area contributed by atoms with Crippen LogP contribution in [0.1, 0.15) is 54.6 Å². The van der Waals surface area contributed by atoms with Crippen molar-refractivity contribution >= 4 is 11.9 Å². The highest BCUT2D eigenvalue weighted by molar-refractivity contribution is 5.95. The molecule has 8 heteroatoms. The molecule has 8 nitrogen and oxygen atoms in total.